The van der Waals surface area contributed by atoms with Gasteiger partial charge in [0.05, 0.1) is 26.4 Å². The molecule has 588 valence electrons. The number of carbonyl (C=O) groups is 4. The molecule has 19 heteroatoms. The van der Waals surface area contributed by atoms with Crippen molar-refractivity contribution in [3.63, 3.8) is 0 Å². The minimum absolute atomic E-state index is 0.107. The third-order valence-electron chi connectivity index (χ3n) is 19.1. The molecule has 0 aromatic carbocycles. The summed E-state index contributed by atoms with van der Waals surface area (Å²) in [4.78, 5) is 73.0. The number of ether oxygens (including phenoxy) is 4. The number of aliphatic hydroxyl groups is 1. The number of phosphoric ester groups is 2. The third-order valence-corrected chi connectivity index (χ3v) is 21.0. The molecule has 0 fully saturated rings. The van der Waals surface area contributed by atoms with E-state index in [1.807, 2.05) is 0 Å². The van der Waals surface area contributed by atoms with Crippen LogP contribution in [0.2, 0.25) is 0 Å². The molecular formula is C80H156O17P2. The standard InChI is InChI=1S/C80H156O17P2/c1-7-10-12-14-16-18-20-21-22-23-24-25-26-27-28-33-40-46-52-58-64-79(84)96-76(69-91-78(83)63-57-51-45-39-32-30-29-31-36-42-48-54-60-72(4)5)71-95-99(88,89)93-67-74(81)66-92-98(86,87)94-70-75(68-90-77(82)62-56-50-44-38-19-17-15-13-11-8-2)97-80(85)65-59-53-47-41-35-34-37-43-49-55-61-73(6)9-3/h72-76,81H,7-71H2,1-6H3,(H,86,87)(H,88,89)/t73?,74-,75+,76+/m0/s1. The maximum absolute atomic E-state index is 13.1. The quantitative estimate of drug-likeness (QED) is 0.0222. The highest BCUT2D eigenvalue weighted by Crippen LogP contribution is 2.45. The van der Waals surface area contributed by atoms with Crippen molar-refractivity contribution in [3.05, 3.63) is 0 Å². The second-order valence-electron chi connectivity index (χ2n) is 29.5. The first-order valence-corrected chi connectivity index (χ1v) is 44.5. The second kappa shape index (κ2) is 71.7. The van der Waals surface area contributed by atoms with E-state index in [0.29, 0.717) is 25.7 Å². The van der Waals surface area contributed by atoms with E-state index in [9.17, 15) is 43.2 Å². The van der Waals surface area contributed by atoms with Crippen molar-refractivity contribution in [2.45, 2.75) is 439 Å². The normalized spacial score (nSPS) is 14.2. The zero-order valence-corrected chi connectivity index (χ0v) is 66.6. The first-order chi connectivity index (χ1) is 47.9. The van der Waals surface area contributed by atoms with E-state index in [2.05, 4.69) is 41.5 Å². The van der Waals surface area contributed by atoms with Gasteiger partial charge < -0.3 is 33.8 Å². The summed E-state index contributed by atoms with van der Waals surface area (Å²) in [5.41, 5.74) is 0. The van der Waals surface area contributed by atoms with Gasteiger partial charge >= 0.3 is 39.5 Å². The second-order valence-corrected chi connectivity index (χ2v) is 32.4. The van der Waals surface area contributed by atoms with Crippen LogP contribution in [0, 0.1) is 11.8 Å². The molecule has 0 rings (SSSR count). The molecule has 0 aromatic rings. The minimum Gasteiger partial charge on any atom is -0.462 e. The largest absolute Gasteiger partial charge is 0.472 e. The van der Waals surface area contributed by atoms with Crippen molar-refractivity contribution in [2.24, 2.45) is 11.8 Å². The minimum atomic E-state index is -4.96. The number of hydrogen-bond donors (Lipinski definition) is 3. The smallest absolute Gasteiger partial charge is 0.462 e. The summed E-state index contributed by atoms with van der Waals surface area (Å²) in [6, 6.07) is 0. The molecule has 0 amide bonds. The summed E-state index contributed by atoms with van der Waals surface area (Å²) in [5.74, 6) is -0.525. The molecule has 99 heavy (non-hydrogen) atoms. The van der Waals surface area contributed by atoms with Gasteiger partial charge in [-0.2, -0.15) is 0 Å². The maximum Gasteiger partial charge on any atom is 0.472 e. The van der Waals surface area contributed by atoms with E-state index >= 15 is 0 Å². The first-order valence-electron chi connectivity index (χ1n) is 41.5. The average molecular weight is 1450 g/mol. The van der Waals surface area contributed by atoms with Crippen molar-refractivity contribution in [2.75, 3.05) is 39.6 Å². The van der Waals surface area contributed by atoms with Crippen LogP contribution in [0.25, 0.3) is 0 Å². The van der Waals surface area contributed by atoms with Crippen LogP contribution in [0.1, 0.15) is 420 Å². The molecule has 0 bridgehead atoms. The zero-order chi connectivity index (χ0) is 72.8. The van der Waals surface area contributed by atoms with Crippen LogP contribution in [-0.2, 0) is 65.4 Å². The number of esters is 4. The Balaban J connectivity index is 5.23. The maximum atomic E-state index is 13.1. The number of rotatable bonds is 79. The van der Waals surface area contributed by atoms with Crippen molar-refractivity contribution in [1.29, 1.82) is 0 Å². The Morgan fingerprint density at radius 2 is 0.515 bits per heavy atom. The molecule has 17 nitrogen and oxygen atoms in total. The summed E-state index contributed by atoms with van der Waals surface area (Å²) in [5, 5.41) is 10.6. The van der Waals surface area contributed by atoms with Gasteiger partial charge in [-0.05, 0) is 37.5 Å². The van der Waals surface area contributed by atoms with Crippen LogP contribution >= 0.6 is 15.6 Å². The van der Waals surface area contributed by atoms with Crippen LogP contribution in [0.15, 0.2) is 0 Å². The fourth-order valence-electron chi connectivity index (χ4n) is 12.3. The van der Waals surface area contributed by atoms with Crippen LogP contribution in [-0.4, -0.2) is 96.7 Å². The summed E-state index contributed by atoms with van der Waals surface area (Å²) in [7, 11) is -9.92. The fraction of sp³-hybridized carbons (Fsp3) is 0.950. The SMILES string of the molecule is CCCCCCCCCCCCCCCCCCCCCCC(=O)O[C@H](COC(=O)CCCCCCCCCCCCCCC(C)C)COP(=O)(O)OC[C@@H](O)COP(=O)(O)OC[C@@H](COC(=O)CCCCCCCCCCCC)OC(=O)CCCCCCCCCCCCC(C)CC. The molecule has 0 aliphatic rings. The van der Waals surface area contributed by atoms with Gasteiger partial charge in [0.1, 0.15) is 19.3 Å². The Morgan fingerprint density at radius 3 is 0.768 bits per heavy atom. The lowest BCUT2D eigenvalue weighted by Crippen LogP contribution is -2.30. The Morgan fingerprint density at radius 1 is 0.293 bits per heavy atom. The molecule has 0 aliphatic heterocycles. The number of aliphatic hydroxyl groups excluding tert-OH is 1. The summed E-state index contributed by atoms with van der Waals surface area (Å²) in [6.07, 6.45) is 61.0. The molecule has 0 spiro atoms. The van der Waals surface area contributed by atoms with Crippen molar-refractivity contribution in [1.82, 2.24) is 0 Å². The number of unbranched alkanes of at least 4 members (excludes halogenated alkanes) is 48. The Hall–Kier alpha value is -1.94. The van der Waals surface area contributed by atoms with Gasteiger partial charge in [0.2, 0.25) is 0 Å². The predicted molar refractivity (Wildman–Crippen MR) is 405 cm³/mol. The van der Waals surface area contributed by atoms with Crippen LogP contribution < -0.4 is 0 Å². The summed E-state index contributed by atoms with van der Waals surface area (Å²) in [6.45, 7) is 9.66. The highest BCUT2D eigenvalue weighted by atomic mass is 31.2. The number of phosphoric acid groups is 2. The molecule has 3 N–H and O–H groups in total. The highest BCUT2D eigenvalue weighted by molar-refractivity contribution is 7.47. The molecular weight excluding hydrogens is 1290 g/mol. The van der Waals surface area contributed by atoms with Crippen molar-refractivity contribution in [3.8, 4) is 0 Å². The Bertz CT molecular complexity index is 1910. The van der Waals surface area contributed by atoms with E-state index < -0.39 is 97.5 Å². The van der Waals surface area contributed by atoms with Gasteiger partial charge in [0.15, 0.2) is 12.2 Å². The van der Waals surface area contributed by atoms with E-state index in [1.54, 1.807) is 0 Å². The highest BCUT2D eigenvalue weighted by Gasteiger charge is 2.30. The van der Waals surface area contributed by atoms with Crippen LogP contribution in [0.5, 0.6) is 0 Å². The van der Waals surface area contributed by atoms with Gasteiger partial charge in [-0.15, -0.1) is 0 Å². The van der Waals surface area contributed by atoms with E-state index in [1.165, 1.54) is 238 Å². The zero-order valence-electron chi connectivity index (χ0n) is 64.8. The summed E-state index contributed by atoms with van der Waals surface area (Å²) >= 11 is 0. The average Bonchev–Trinajstić information content (AvgIpc) is 0.956. The molecule has 0 aromatic heterocycles. The van der Waals surface area contributed by atoms with Gasteiger partial charge in [0, 0.05) is 25.7 Å². The third kappa shape index (κ3) is 72.8. The summed E-state index contributed by atoms with van der Waals surface area (Å²) < 4.78 is 68.7. The van der Waals surface area contributed by atoms with Crippen molar-refractivity contribution < 1.29 is 80.2 Å². The Kier molecular flexibility index (Phi) is 70.3. The monoisotopic (exact) mass is 1450 g/mol. The molecule has 0 heterocycles. The molecule has 6 atom stereocenters. The van der Waals surface area contributed by atoms with Crippen LogP contribution in [0.4, 0.5) is 0 Å². The topological polar surface area (TPSA) is 237 Å². The van der Waals surface area contributed by atoms with Gasteiger partial charge in [-0.3, -0.25) is 37.3 Å². The molecule has 0 saturated heterocycles. The number of carbonyl (C=O) groups excluding carboxylic acids is 4. The Labute approximate surface area is 607 Å². The van der Waals surface area contributed by atoms with E-state index in [-0.39, 0.29) is 25.7 Å². The number of hydrogen-bond acceptors (Lipinski definition) is 15. The lowest BCUT2D eigenvalue weighted by molar-refractivity contribution is -0.161. The lowest BCUT2D eigenvalue weighted by atomic mass is 9.99. The molecule has 3 unspecified atom stereocenters. The predicted octanol–water partition coefficient (Wildman–Crippen LogP) is 23.9. The van der Waals surface area contributed by atoms with E-state index in [4.69, 9.17) is 37.0 Å². The molecule has 0 saturated carbocycles. The van der Waals surface area contributed by atoms with Gasteiger partial charge in [-0.1, -0.05) is 369 Å². The first kappa shape index (κ1) is 97.1. The molecule has 0 aliphatic carbocycles. The lowest BCUT2D eigenvalue weighted by Gasteiger charge is -2.21. The van der Waals surface area contributed by atoms with Gasteiger partial charge in [-0.25, -0.2) is 9.13 Å². The van der Waals surface area contributed by atoms with Gasteiger partial charge in [0.25, 0.3) is 0 Å². The van der Waals surface area contributed by atoms with Crippen molar-refractivity contribution >= 4 is 39.5 Å². The molecule has 0 radical (unpaired) electrons. The fourth-order valence-corrected chi connectivity index (χ4v) is 13.9. The van der Waals surface area contributed by atoms with E-state index in [0.717, 1.165) is 102 Å². The van der Waals surface area contributed by atoms with Crippen LogP contribution in [0.3, 0.4) is 0 Å².